The summed E-state index contributed by atoms with van der Waals surface area (Å²) < 4.78 is 9.86. The number of esters is 1. The fraction of sp³-hybridized carbons (Fsp3) is 0.800. The van der Waals surface area contributed by atoms with Gasteiger partial charge in [-0.2, -0.15) is 0 Å². The molecule has 1 aliphatic carbocycles. The maximum atomic E-state index is 11.6. The first-order chi connectivity index (χ1) is 10.3. The van der Waals surface area contributed by atoms with Gasteiger partial charge >= 0.3 is 18.0 Å². The van der Waals surface area contributed by atoms with E-state index < -0.39 is 24.3 Å². The molecule has 127 valence electrons. The van der Waals surface area contributed by atoms with E-state index in [0.29, 0.717) is 19.4 Å². The zero-order valence-corrected chi connectivity index (χ0v) is 16.3. The van der Waals surface area contributed by atoms with Crippen molar-refractivity contribution >= 4 is 47.6 Å². The van der Waals surface area contributed by atoms with E-state index in [1.54, 1.807) is 13.8 Å². The van der Waals surface area contributed by atoms with E-state index in [0.717, 1.165) is 12.8 Å². The molecular weight excluding hydrogens is 313 g/mol. The van der Waals surface area contributed by atoms with E-state index in [4.69, 9.17) is 14.6 Å². The summed E-state index contributed by atoms with van der Waals surface area (Å²) in [4.78, 5) is 33.8. The van der Waals surface area contributed by atoms with Gasteiger partial charge in [-0.15, -0.1) is 0 Å². The Balaban J connectivity index is 0.00000484. The Labute approximate surface area is 158 Å². The molecule has 1 rings (SSSR count). The minimum Gasteiger partial charge on any atom is -0.481 e. The van der Waals surface area contributed by atoms with Crippen molar-refractivity contribution in [2.75, 3.05) is 6.54 Å². The number of carbonyl (C=O) groups is 3. The van der Waals surface area contributed by atoms with Crippen LogP contribution in [-0.2, 0) is 19.1 Å². The largest absolute Gasteiger partial charge is 0.481 e. The normalized spacial score (nSPS) is 21.7. The molecule has 0 aliphatic heterocycles. The second-order valence-corrected chi connectivity index (χ2v) is 6.00. The third-order valence-corrected chi connectivity index (χ3v) is 3.76. The van der Waals surface area contributed by atoms with Gasteiger partial charge in [0.1, 0.15) is 0 Å². The quantitative estimate of drug-likeness (QED) is 0.435. The smallest absolute Gasteiger partial charge is 0.410 e. The van der Waals surface area contributed by atoms with Gasteiger partial charge in [0.2, 0.25) is 6.29 Å². The van der Waals surface area contributed by atoms with Crippen LogP contribution in [0.25, 0.3) is 0 Å². The van der Waals surface area contributed by atoms with Gasteiger partial charge in [-0.1, -0.05) is 13.8 Å². The summed E-state index contributed by atoms with van der Waals surface area (Å²) in [5.41, 5.74) is 0. The monoisotopic (exact) mass is 338 g/mol. The zero-order valence-electron chi connectivity index (χ0n) is 14.3. The molecule has 8 heteroatoms. The van der Waals surface area contributed by atoms with Crippen LogP contribution in [0.15, 0.2) is 0 Å². The molecule has 0 saturated heterocycles. The van der Waals surface area contributed by atoms with Crippen molar-refractivity contribution in [3.63, 3.8) is 0 Å². The van der Waals surface area contributed by atoms with Crippen molar-refractivity contribution in [1.29, 1.82) is 0 Å². The fourth-order valence-electron chi connectivity index (χ4n) is 2.36. The Morgan fingerprint density at radius 2 is 1.65 bits per heavy atom. The Kier molecular flexibility index (Phi) is 10.5. The predicted octanol–water partition coefficient (Wildman–Crippen LogP) is 1.77. The molecule has 2 N–H and O–H groups in total. The first-order valence-electron chi connectivity index (χ1n) is 7.67. The summed E-state index contributed by atoms with van der Waals surface area (Å²) in [6.45, 7) is 5.32. The first-order valence-corrected chi connectivity index (χ1v) is 7.67. The van der Waals surface area contributed by atoms with Gasteiger partial charge in [-0.05, 0) is 31.6 Å². The number of carboxylic acids is 1. The van der Waals surface area contributed by atoms with Gasteiger partial charge in [0.25, 0.3) is 0 Å². The second kappa shape index (κ2) is 10.9. The SMILES string of the molecule is CC(OC(=O)NCC1CCC(C(=O)O)CC1)OC(=O)C(C)C.[Na]. The molecule has 1 fully saturated rings. The van der Waals surface area contributed by atoms with Crippen molar-refractivity contribution in [3.05, 3.63) is 0 Å². The van der Waals surface area contributed by atoms with Crippen LogP contribution in [0.4, 0.5) is 4.79 Å². The third-order valence-electron chi connectivity index (χ3n) is 3.76. The van der Waals surface area contributed by atoms with Gasteiger partial charge in [0.05, 0.1) is 11.8 Å². The molecule has 23 heavy (non-hydrogen) atoms. The average Bonchev–Trinajstić information content (AvgIpc) is 2.45. The minimum absolute atomic E-state index is 0. The molecule has 0 heterocycles. The molecular formula is C15H25NNaO6. The van der Waals surface area contributed by atoms with Gasteiger partial charge < -0.3 is 19.9 Å². The second-order valence-electron chi connectivity index (χ2n) is 6.00. The van der Waals surface area contributed by atoms with Gasteiger partial charge in [-0.25, -0.2) is 4.79 Å². The molecule has 0 aromatic rings. The molecule has 1 atom stereocenters. The van der Waals surface area contributed by atoms with Gasteiger partial charge in [0, 0.05) is 43.0 Å². The van der Waals surface area contributed by atoms with E-state index in [1.165, 1.54) is 6.92 Å². The fourth-order valence-corrected chi connectivity index (χ4v) is 2.36. The topological polar surface area (TPSA) is 102 Å². The van der Waals surface area contributed by atoms with Crippen molar-refractivity contribution < 1.29 is 29.0 Å². The number of hydrogen-bond acceptors (Lipinski definition) is 5. The standard InChI is InChI=1S/C15H25NO6.Na/c1-9(2)14(19)21-10(3)22-15(20)16-8-11-4-6-12(7-5-11)13(17)18;/h9-12H,4-8H2,1-3H3,(H,16,20)(H,17,18);. The Hall–Kier alpha value is -0.790. The van der Waals surface area contributed by atoms with Crippen molar-refractivity contribution in [2.45, 2.75) is 52.7 Å². The van der Waals surface area contributed by atoms with Gasteiger partial charge in [-0.3, -0.25) is 9.59 Å². The van der Waals surface area contributed by atoms with E-state index in [1.807, 2.05) is 0 Å². The van der Waals surface area contributed by atoms with Crippen molar-refractivity contribution in [2.24, 2.45) is 17.8 Å². The predicted molar refractivity (Wildman–Crippen MR) is 83.7 cm³/mol. The number of alkyl carbamates (subject to hydrolysis) is 1. The number of carboxylic acid groups (broad SMARTS) is 1. The summed E-state index contributed by atoms with van der Waals surface area (Å²) in [5.74, 6) is -1.45. The maximum absolute atomic E-state index is 11.6. The molecule has 1 unspecified atom stereocenters. The molecule has 0 spiro atoms. The first kappa shape index (κ1) is 22.2. The average molecular weight is 338 g/mol. The number of carbonyl (C=O) groups excluding carboxylic acids is 2. The summed E-state index contributed by atoms with van der Waals surface area (Å²) in [7, 11) is 0. The zero-order chi connectivity index (χ0) is 16.7. The van der Waals surface area contributed by atoms with Crippen LogP contribution in [0, 0.1) is 17.8 Å². The summed E-state index contributed by atoms with van der Waals surface area (Å²) >= 11 is 0. The Morgan fingerprint density at radius 3 is 2.13 bits per heavy atom. The molecule has 0 aromatic carbocycles. The third kappa shape index (κ3) is 8.58. The Bertz CT molecular complexity index is 407. The summed E-state index contributed by atoms with van der Waals surface area (Å²) in [5, 5.41) is 11.6. The van der Waals surface area contributed by atoms with E-state index in [9.17, 15) is 14.4 Å². The van der Waals surface area contributed by atoms with E-state index in [-0.39, 0.29) is 47.3 Å². The number of aliphatic carboxylic acids is 1. The number of rotatable bonds is 6. The molecule has 7 nitrogen and oxygen atoms in total. The molecule has 1 radical (unpaired) electrons. The maximum Gasteiger partial charge on any atom is 0.410 e. The Morgan fingerprint density at radius 1 is 1.09 bits per heavy atom. The van der Waals surface area contributed by atoms with Crippen LogP contribution in [-0.4, -0.2) is 65.5 Å². The summed E-state index contributed by atoms with van der Waals surface area (Å²) in [6.07, 6.45) is 1.25. The van der Waals surface area contributed by atoms with Crippen LogP contribution in [0.1, 0.15) is 46.5 Å². The van der Waals surface area contributed by atoms with Crippen LogP contribution in [0.2, 0.25) is 0 Å². The molecule has 0 bridgehead atoms. The molecule has 1 amide bonds. The molecule has 1 saturated carbocycles. The molecule has 0 aromatic heterocycles. The van der Waals surface area contributed by atoms with Crippen LogP contribution < -0.4 is 5.32 Å². The van der Waals surface area contributed by atoms with Crippen molar-refractivity contribution in [1.82, 2.24) is 5.32 Å². The van der Waals surface area contributed by atoms with Crippen LogP contribution in [0.3, 0.4) is 0 Å². The number of nitrogens with one attached hydrogen (secondary N) is 1. The molecule has 1 aliphatic rings. The van der Waals surface area contributed by atoms with E-state index in [2.05, 4.69) is 5.32 Å². The van der Waals surface area contributed by atoms with Crippen LogP contribution >= 0.6 is 0 Å². The van der Waals surface area contributed by atoms with Gasteiger partial charge in [0.15, 0.2) is 0 Å². The number of hydrogen-bond donors (Lipinski definition) is 2. The van der Waals surface area contributed by atoms with E-state index >= 15 is 0 Å². The summed E-state index contributed by atoms with van der Waals surface area (Å²) in [6, 6.07) is 0. The number of amides is 1. The minimum atomic E-state index is -0.933. The van der Waals surface area contributed by atoms with Crippen molar-refractivity contribution in [3.8, 4) is 0 Å². The number of ether oxygens (including phenoxy) is 2. The van der Waals surface area contributed by atoms with Crippen LogP contribution in [0.5, 0.6) is 0 Å².